The second-order valence-electron chi connectivity index (χ2n) is 9.34. The quantitative estimate of drug-likeness (QED) is 0.587. The van der Waals surface area contributed by atoms with E-state index in [1.807, 2.05) is 31.2 Å². The minimum absolute atomic E-state index is 0.0444. The second kappa shape index (κ2) is 10.1. The van der Waals surface area contributed by atoms with Gasteiger partial charge in [0.2, 0.25) is 5.91 Å². The van der Waals surface area contributed by atoms with Crippen molar-refractivity contribution in [2.75, 3.05) is 13.1 Å². The van der Waals surface area contributed by atoms with Gasteiger partial charge in [0.25, 0.3) is 5.91 Å². The Kier molecular flexibility index (Phi) is 6.77. The van der Waals surface area contributed by atoms with Crippen LogP contribution in [0.2, 0.25) is 0 Å². The first-order valence-electron chi connectivity index (χ1n) is 12.0. The number of carbonyl (C=O) groups excluding carboxylic acids is 2. The summed E-state index contributed by atoms with van der Waals surface area (Å²) < 4.78 is 34.5. The number of aromatic nitrogens is 3. The average Bonchev–Trinajstić information content (AvgIpc) is 3.30. The van der Waals surface area contributed by atoms with Crippen molar-refractivity contribution in [2.24, 2.45) is 5.92 Å². The molecule has 2 aliphatic heterocycles. The van der Waals surface area contributed by atoms with Crippen LogP contribution in [0.5, 0.6) is 0 Å². The molecular formula is C26H27F2N5O3. The van der Waals surface area contributed by atoms with Crippen LogP contribution in [0.4, 0.5) is 8.78 Å². The van der Waals surface area contributed by atoms with Gasteiger partial charge in [0, 0.05) is 31.6 Å². The van der Waals surface area contributed by atoms with E-state index in [9.17, 15) is 18.4 Å². The molecule has 1 atom stereocenters. The lowest BCUT2D eigenvalue weighted by Crippen LogP contribution is -2.43. The Morgan fingerprint density at radius 3 is 2.47 bits per heavy atom. The number of amides is 2. The number of fused-ring (bicyclic) bond motifs is 1. The van der Waals surface area contributed by atoms with Crippen LogP contribution in [0.15, 0.2) is 42.5 Å². The SMILES string of the molecule is Cc1ccc(C2Cn3nnc(C(=O)N4CCC(C(=O)NCc5cc(F)cc(F)c5)CC4)c3CO2)cc1. The van der Waals surface area contributed by atoms with Crippen molar-refractivity contribution in [3.8, 4) is 0 Å². The maximum atomic E-state index is 13.3. The summed E-state index contributed by atoms with van der Waals surface area (Å²) in [6.45, 7) is 3.61. The molecule has 0 radical (unpaired) electrons. The summed E-state index contributed by atoms with van der Waals surface area (Å²) in [7, 11) is 0. The van der Waals surface area contributed by atoms with Crippen molar-refractivity contribution in [2.45, 2.75) is 45.6 Å². The van der Waals surface area contributed by atoms with Gasteiger partial charge < -0.3 is 15.0 Å². The highest BCUT2D eigenvalue weighted by Crippen LogP contribution is 2.28. The third-order valence-corrected chi connectivity index (χ3v) is 6.79. The van der Waals surface area contributed by atoms with E-state index < -0.39 is 11.6 Å². The molecule has 0 aliphatic carbocycles. The Hall–Kier alpha value is -3.66. The molecule has 2 amide bonds. The number of likely N-dealkylation sites (tertiary alicyclic amines) is 1. The molecule has 3 heterocycles. The molecule has 188 valence electrons. The van der Waals surface area contributed by atoms with Crippen molar-refractivity contribution >= 4 is 11.8 Å². The zero-order chi connectivity index (χ0) is 25.2. The molecule has 0 spiro atoms. The van der Waals surface area contributed by atoms with E-state index in [0.717, 1.165) is 11.6 Å². The summed E-state index contributed by atoms with van der Waals surface area (Å²) in [5.74, 6) is -2.05. The van der Waals surface area contributed by atoms with Gasteiger partial charge in [-0.2, -0.15) is 0 Å². The average molecular weight is 496 g/mol. The van der Waals surface area contributed by atoms with Crippen molar-refractivity contribution in [1.29, 1.82) is 0 Å². The molecule has 1 fully saturated rings. The predicted octanol–water partition coefficient (Wildman–Crippen LogP) is 3.30. The molecule has 8 nitrogen and oxygen atoms in total. The van der Waals surface area contributed by atoms with Crippen LogP contribution < -0.4 is 5.32 Å². The van der Waals surface area contributed by atoms with Gasteiger partial charge in [0.1, 0.15) is 17.7 Å². The lowest BCUT2D eigenvalue weighted by atomic mass is 9.95. The highest BCUT2D eigenvalue weighted by molar-refractivity contribution is 5.93. The molecule has 5 rings (SSSR count). The van der Waals surface area contributed by atoms with Gasteiger partial charge in [-0.1, -0.05) is 35.0 Å². The van der Waals surface area contributed by atoms with E-state index in [2.05, 4.69) is 15.6 Å². The Bertz CT molecular complexity index is 1250. The van der Waals surface area contributed by atoms with Crippen molar-refractivity contribution in [3.63, 3.8) is 0 Å². The number of carbonyl (C=O) groups is 2. The van der Waals surface area contributed by atoms with Crippen molar-refractivity contribution in [3.05, 3.63) is 82.2 Å². The fourth-order valence-electron chi connectivity index (χ4n) is 4.70. The molecule has 10 heteroatoms. The van der Waals surface area contributed by atoms with E-state index in [0.29, 0.717) is 43.7 Å². The van der Waals surface area contributed by atoms with E-state index in [1.165, 1.54) is 17.7 Å². The van der Waals surface area contributed by atoms with Gasteiger partial charge in [-0.25, -0.2) is 13.5 Å². The summed E-state index contributed by atoms with van der Waals surface area (Å²) >= 11 is 0. The number of nitrogens with zero attached hydrogens (tertiary/aromatic N) is 4. The molecule has 0 bridgehead atoms. The number of ether oxygens (including phenoxy) is 1. The Morgan fingerprint density at radius 1 is 1.08 bits per heavy atom. The predicted molar refractivity (Wildman–Crippen MR) is 126 cm³/mol. The standard InChI is InChI=1S/C26H27F2N5O3/c1-16-2-4-18(5-3-16)23-14-33-22(15-36-23)24(30-31-33)26(35)32-8-6-19(7-9-32)25(34)29-13-17-10-20(27)12-21(28)11-17/h2-5,10-12,19,23H,6-9,13-15H2,1H3,(H,29,34). The molecular weight excluding hydrogens is 468 g/mol. The summed E-state index contributed by atoms with van der Waals surface area (Å²) in [6, 6.07) is 11.3. The fraction of sp³-hybridized carbons (Fsp3) is 0.385. The van der Waals surface area contributed by atoms with Gasteiger partial charge in [-0.15, -0.1) is 5.10 Å². The number of hydrogen-bond acceptors (Lipinski definition) is 5. The van der Waals surface area contributed by atoms with E-state index >= 15 is 0 Å². The highest BCUT2D eigenvalue weighted by Gasteiger charge is 2.33. The molecule has 36 heavy (non-hydrogen) atoms. The molecule has 1 unspecified atom stereocenters. The molecule has 2 aromatic carbocycles. The zero-order valence-electron chi connectivity index (χ0n) is 19.9. The molecule has 0 saturated carbocycles. The van der Waals surface area contributed by atoms with Gasteiger partial charge in [-0.3, -0.25) is 9.59 Å². The number of aryl methyl sites for hydroxylation is 1. The summed E-state index contributed by atoms with van der Waals surface area (Å²) in [6.07, 6.45) is 0.829. The normalized spacial score (nSPS) is 18.1. The largest absolute Gasteiger partial charge is 0.365 e. The van der Waals surface area contributed by atoms with Crippen LogP contribution in [0.3, 0.4) is 0 Å². The van der Waals surface area contributed by atoms with Gasteiger partial charge in [-0.05, 0) is 43.0 Å². The van der Waals surface area contributed by atoms with Crippen LogP contribution in [-0.4, -0.2) is 44.8 Å². The van der Waals surface area contributed by atoms with Crippen LogP contribution in [0.25, 0.3) is 0 Å². The Balaban J connectivity index is 1.15. The molecule has 1 saturated heterocycles. The van der Waals surface area contributed by atoms with E-state index in [1.54, 1.807) is 9.58 Å². The molecule has 1 N–H and O–H groups in total. The van der Waals surface area contributed by atoms with Crippen LogP contribution in [0.1, 0.15) is 51.8 Å². The van der Waals surface area contributed by atoms with E-state index in [-0.39, 0.29) is 42.7 Å². The maximum absolute atomic E-state index is 13.3. The summed E-state index contributed by atoms with van der Waals surface area (Å²) in [5, 5.41) is 11.1. The lowest BCUT2D eigenvalue weighted by Gasteiger charge is -2.31. The van der Waals surface area contributed by atoms with Crippen LogP contribution in [-0.2, 0) is 29.2 Å². The maximum Gasteiger partial charge on any atom is 0.276 e. The van der Waals surface area contributed by atoms with Gasteiger partial charge in [0.05, 0.1) is 18.8 Å². The van der Waals surface area contributed by atoms with E-state index in [4.69, 9.17) is 4.74 Å². The summed E-state index contributed by atoms with van der Waals surface area (Å²) in [5.41, 5.74) is 3.53. The van der Waals surface area contributed by atoms with Crippen molar-refractivity contribution in [1.82, 2.24) is 25.2 Å². The summed E-state index contributed by atoms with van der Waals surface area (Å²) in [4.78, 5) is 27.4. The van der Waals surface area contributed by atoms with Crippen LogP contribution >= 0.6 is 0 Å². The van der Waals surface area contributed by atoms with Crippen LogP contribution in [0, 0.1) is 24.5 Å². The monoisotopic (exact) mass is 495 g/mol. The molecule has 3 aromatic rings. The minimum atomic E-state index is -0.682. The number of hydrogen-bond donors (Lipinski definition) is 1. The number of piperidine rings is 1. The smallest absolute Gasteiger partial charge is 0.276 e. The zero-order valence-corrected chi connectivity index (χ0v) is 19.9. The fourth-order valence-corrected chi connectivity index (χ4v) is 4.70. The number of rotatable bonds is 5. The first-order valence-corrected chi connectivity index (χ1v) is 12.0. The Morgan fingerprint density at radius 2 is 1.78 bits per heavy atom. The number of halogens is 2. The Labute approximate surface area is 207 Å². The molecule has 2 aliphatic rings. The van der Waals surface area contributed by atoms with Crippen molar-refractivity contribution < 1.29 is 23.1 Å². The minimum Gasteiger partial charge on any atom is -0.365 e. The second-order valence-corrected chi connectivity index (χ2v) is 9.34. The van der Waals surface area contributed by atoms with Gasteiger partial charge in [0.15, 0.2) is 5.69 Å². The molecule has 1 aromatic heterocycles. The lowest BCUT2D eigenvalue weighted by molar-refractivity contribution is -0.126. The third kappa shape index (κ3) is 5.13. The highest BCUT2D eigenvalue weighted by atomic mass is 19.1. The third-order valence-electron chi connectivity index (χ3n) is 6.79. The topological polar surface area (TPSA) is 89.4 Å². The number of benzene rings is 2. The van der Waals surface area contributed by atoms with Gasteiger partial charge >= 0.3 is 0 Å². The first-order chi connectivity index (χ1) is 17.4. The number of nitrogens with one attached hydrogen (secondary N) is 1. The first kappa shape index (κ1) is 24.1.